The summed E-state index contributed by atoms with van der Waals surface area (Å²) in [5.74, 6) is -0.801. The Hall–Kier alpha value is -0.220. The molecule has 4 heteroatoms. The van der Waals surface area contributed by atoms with E-state index in [1.807, 2.05) is 41.5 Å². The van der Waals surface area contributed by atoms with E-state index in [0.29, 0.717) is 20.1 Å². The van der Waals surface area contributed by atoms with Crippen molar-refractivity contribution in [3.05, 3.63) is 20.1 Å². The lowest BCUT2D eigenvalue weighted by Crippen LogP contribution is -2.34. The molecule has 0 radical (unpaired) electrons. The maximum Gasteiger partial charge on any atom is 0.230 e. The van der Waals surface area contributed by atoms with Crippen molar-refractivity contribution in [1.82, 2.24) is 0 Å². The van der Waals surface area contributed by atoms with E-state index in [1.54, 1.807) is 0 Å². The lowest BCUT2D eigenvalue weighted by Gasteiger charge is -2.31. The molecule has 1 aliphatic carbocycles. The summed E-state index contributed by atoms with van der Waals surface area (Å²) >= 11 is 6.92. The Morgan fingerprint density at radius 1 is 0.667 bits per heavy atom. The van der Waals surface area contributed by atoms with E-state index >= 15 is 0 Å². The first-order valence-electron chi connectivity index (χ1n) is 5.79. The molecule has 2 nitrogen and oxygen atoms in total. The van der Waals surface area contributed by atoms with Crippen LogP contribution in [-0.2, 0) is 9.59 Å². The van der Waals surface area contributed by atoms with Gasteiger partial charge in [0, 0.05) is 20.1 Å². The number of allylic oxidation sites excluding steroid dienone is 4. The highest BCUT2D eigenvalue weighted by Gasteiger charge is 2.41. The Kier molecular flexibility index (Phi) is 4.15. The number of rotatable bonds is 0. The molecule has 100 valence electrons. The summed E-state index contributed by atoms with van der Waals surface area (Å²) in [6.45, 7) is 11.6. The van der Waals surface area contributed by atoms with Crippen LogP contribution >= 0.6 is 31.9 Å². The number of ketones is 2. The lowest BCUT2D eigenvalue weighted by molar-refractivity contribution is -0.133. The van der Waals surface area contributed by atoms with Gasteiger partial charge in [0.1, 0.15) is 0 Å². The number of hydrogen-bond acceptors (Lipinski definition) is 2. The van der Waals surface area contributed by atoms with Gasteiger partial charge in [-0.3, -0.25) is 9.59 Å². The normalized spacial score (nSPS) is 18.9. The third-order valence-corrected chi connectivity index (χ3v) is 4.91. The molecule has 1 rings (SSSR count). The standard InChI is InChI=1S/C14H18Br2O2/c1-13(2,3)7-9(15)10(16)8(14(4,5)6)12(18)11(7)17/h1-6H3. The molecule has 0 aromatic heterocycles. The van der Waals surface area contributed by atoms with Gasteiger partial charge in [-0.25, -0.2) is 0 Å². The van der Waals surface area contributed by atoms with E-state index < -0.39 is 11.6 Å². The van der Waals surface area contributed by atoms with Crippen LogP contribution in [0.15, 0.2) is 20.1 Å². The first-order chi connectivity index (χ1) is 7.89. The van der Waals surface area contributed by atoms with Crippen LogP contribution in [0.4, 0.5) is 0 Å². The number of hydrogen-bond donors (Lipinski definition) is 0. The monoisotopic (exact) mass is 376 g/mol. The van der Waals surface area contributed by atoms with E-state index in [0.717, 1.165) is 0 Å². The van der Waals surface area contributed by atoms with Crippen molar-refractivity contribution < 1.29 is 9.59 Å². The van der Waals surface area contributed by atoms with Crippen molar-refractivity contribution in [2.24, 2.45) is 10.8 Å². The molecular formula is C14H18Br2O2. The van der Waals surface area contributed by atoms with Crippen LogP contribution in [-0.4, -0.2) is 11.6 Å². The lowest BCUT2D eigenvalue weighted by atomic mass is 9.74. The molecule has 0 aromatic carbocycles. The van der Waals surface area contributed by atoms with Gasteiger partial charge in [-0.05, 0) is 42.7 Å². The quantitative estimate of drug-likeness (QED) is 0.459. The summed E-state index contributed by atoms with van der Waals surface area (Å²) in [7, 11) is 0. The second-order valence-electron chi connectivity index (χ2n) is 6.54. The zero-order valence-electron chi connectivity index (χ0n) is 11.6. The minimum absolute atomic E-state index is 0.367. The van der Waals surface area contributed by atoms with E-state index in [4.69, 9.17) is 0 Å². The smallest absolute Gasteiger partial charge is 0.230 e. The summed E-state index contributed by atoms with van der Waals surface area (Å²) < 4.78 is 1.40. The maximum absolute atomic E-state index is 12.3. The number of halogens is 2. The average molecular weight is 378 g/mol. The minimum Gasteiger partial charge on any atom is -0.285 e. The Bertz CT molecular complexity index is 437. The van der Waals surface area contributed by atoms with Gasteiger partial charge in [0.05, 0.1) is 0 Å². The van der Waals surface area contributed by atoms with Gasteiger partial charge in [0.25, 0.3) is 0 Å². The van der Waals surface area contributed by atoms with Crippen molar-refractivity contribution in [1.29, 1.82) is 0 Å². The number of Topliss-reactive ketones (excluding diaryl/α,β-unsaturated/α-hetero) is 2. The molecule has 0 atom stereocenters. The zero-order chi connectivity index (χ0) is 14.5. The van der Waals surface area contributed by atoms with Gasteiger partial charge in [-0.15, -0.1) is 0 Å². The zero-order valence-corrected chi connectivity index (χ0v) is 14.7. The predicted molar refractivity (Wildman–Crippen MR) is 80.8 cm³/mol. The van der Waals surface area contributed by atoms with E-state index in [2.05, 4.69) is 31.9 Å². The first-order valence-corrected chi connectivity index (χ1v) is 7.37. The molecule has 0 N–H and O–H groups in total. The van der Waals surface area contributed by atoms with Crippen molar-refractivity contribution in [3.8, 4) is 0 Å². The van der Waals surface area contributed by atoms with Crippen molar-refractivity contribution in [2.45, 2.75) is 41.5 Å². The topological polar surface area (TPSA) is 34.1 Å². The van der Waals surface area contributed by atoms with Crippen molar-refractivity contribution in [3.63, 3.8) is 0 Å². The van der Waals surface area contributed by atoms with Crippen molar-refractivity contribution in [2.75, 3.05) is 0 Å². The fraction of sp³-hybridized carbons (Fsp3) is 0.571. The molecule has 0 aliphatic heterocycles. The molecular weight excluding hydrogens is 360 g/mol. The van der Waals surface area contributed by atoms with Crippen LogP contribution in [0, 0.1) is 10.8 Å². The highest BCUT2D eigenvalue weighted by molar-refractivity contribution is 9.15. The molecule has 0 aromatic rings. The fourth-order valence-electron chi connectivity index (χ4n) is 1.99. The number of carbonyl (C=O) groups is 2. The highest BCUT2D eigenvalue weighted by Crippen LogP contribution is 2.45. The second-order valence-corrected chi connectivity index (χ2v) is 8.12. The Balaban J connectivity index is 3.62. The highest BCUT2D eigenvalue weighted by atomic mass is 79.9. The first kappa shape index (κ1) is 15.8. The van der Waals surface area contributed by atoms with Gasteiger partial charge < -0.3 is 0 Å². The molecule has 0 heterocycles. The van der Waals surface area contributed by atoms with Crippen LogP contribution in [0.2, 0.25) is 0 Å². The van der Waals surface area contributed by atoms with Gasteiger partial charge in [-0.1, -0.05) is 41.5 Å². The second kappa shape index (κ2) is 4.71. The average Bonchev–Trinajstić information content (AvgIpc) is 2.10. The van der Waals surface area contributed by atoms with Gasteiger partial charge >= 0.3 is 0 Å². The summed E-state index contributed by atoms with van der Waals surface area (Å²) in [4.78, 5) is 24.6. The summed E-state index contributed by atoms with van der Waals surface area (Å²) in [6.07, 6.45) is 0. The molecule has 0 spiro atoms. The summed E-state index contributed by atoms with van der Waals surface area (Å²) in [6, 6.07) is 0. The molecule has 0 saturated carbocycles. The van der Waals surface area contributed by atoms with E-state index in [9.17, 15) is 9.59 Å². The molecule has 0 unspecified atom stereocenters. The Morgan fingerprint density at radius 3 is 1.06 bits per heavy atom. The summed E-state index contributed by atoms with van der Waals surface area (Å²) in [5, 5.41) is 0. The number of carbonyl (C=O) groups excluding carboxylic acids is 2. The minimum atomic E-state index is -0.400. The molecule has 18 heavy (non-hydrogen) atoms. The molecule has 1 aliphatic rings. The SMILES string of the molecule is CC(C)(C)C1=C(Br)C(Br)=C(C(C)(C)C)C(=O)C1=O. The third kappa shape index (κ3) is 2.69. The van der Waals surface area contributed by atoms with Crippen LogP contribution < -0.4 is 0 Å². The van der Waals surface area contributed by atoms with Crippen LogP contribution in [0.1, 0.15) is 41.5 Å². The largest absolute Gasteiger partial charge is 0.285 e. The molecule has 0 bridgehead atoms. The maximum atomic E-state index is 12.3. The fourth-order valence-corrected chi connectivity index (χ4v) is 3.93. The van der Waals surface area contributed by atoms with E-state index in [-0.39, 0.29) is 10.8 Å². The summed E-state index contributed by atoms with van der Waals surface area (Å²) in [5.41, 5.74) is 0.335. The van der Waals surface area contributed by atoms with Crippen LogP contribution in [0.25, 0.3) is 0 Å². The Morgan fingerprint density at radius 2 is 0.889 bits per heavy atom. The predicted octanol–water partition coefficient (Wildman–Crippen LogP) is 4.53. The molecule has 0 amide bonds. The molecule has 0 saturated heterocycles. The van der Waals surface area contributed by atoms with Gasteiger partial charge in [0.15, 0.2) is 0 Å². The molecule has 0 fully saturated rings. The third-order valence-electron chi connectivity index (χ3n) is 2.79. The van der Waals surface area contributed by atoms with E-state index in [1.165, 1.54) is 0 Å². The van der Waals surface area contributed by atoms with Crippen molar-refractivity contribution >= 4 is 43.4 Å². The Labute approximate surface area is 125 Å². The van der Waals surface area contributed by atoms with Gasteiger partial charge in [0.2, 0.25) is 11.6 Å². The van der Waals surface area contributed by atoms with Crippen LogP contribution in [0.5, 0.6) is 0 Å². The van der Waals surface area contributed by atoms with Crippen LogP contribution in [0.3, 0.4) is 0 Å². The van der Waals surface area contributed by atoms with Gasteiger partial charge in [-0.2, -0.15) is 0 Å².